The number of carbonyl (C=O) groups excluding carboxylic acids is 2. The zero-order valence-electron chi connectivity index (χ0n) is 26.1. The second kappa shape index (κ2) is 13.8. The van der Waals surface area contributed by atoms with Gasteiger partial charge in [0, 0.05) is 72.3 Å². The Labute approximate surface area is 269 Å². The molecule has 12 heteroatoms. The van der Waals surface area contributed by atoms with Gasteiger partial charge in [-0.3, -0.25) is 0 Å². The van der Waals surface area contributed by atoms with Gasteiger partial charge in [0.25, 0.3) is 0 Å². The van der Waals surface area contributed by atoms with Gasteiger partial charge in [-0.1, -0.05) is 61.7 Å². The first-order valence-corrected chi connectivity index (χ1v) is 17.5. The van der Waals surface area contributed by atoms with Crippen molar-refractivity contribution in [3.63, 3.8) is 0 Å². The van der Waals surface area contributed by atoms with Gasteiger partial charge in [0.15, 0.2) is 19.7 Å². The number of hydrogen-bond acceptors (Lipinski definition) is 10. The maximum Gasteiger partial charge on any atom is 0.334 e. The highest BCUT2D eigenvalue weighted by Gasteiger charge is 2.25. The quantitative estimate of drug-likeness (QED) is 0.114. The molecule has 0 saturated carbocycles. The van der Waals surface area contributed by atoms with Crippen LogP contribution < -0.4 is 9.80 Å². The van der Waals surface area contributed by atoms with E-state index in [0.29, 0.717) is 10.8 Å². The van der Waals surface area contributed by atoms with Crippen LogP contribution >= 0.6 is 0 Å². The van der Waals surface area contributed by atoms with E-state index in [2.05, 4.69) is 13.2 Å². The minimum absolute atomic E-state index is 0.0617. The molecule has 0 aromatic heterocycles. The van der Waals surface area contributed by atoms with Crippen molar-refractivity contribution < 1.29 is 35.9 Å². The van der Waals surface area contributed by atoms with E-state index in [9.17, 15) is 26.4 Å². The summed E-state index contributed by atoms with van der Waals surface area (Å²) in [7, 11) is -0.502. The van der Waals surface area contributed by atoms with Crippen molar-refractivity contribution in [2.24, 2.45) is 0 Å². The molecule has 0 aliphatic carbocycles. The molecular weight excluding hydrogens is 629 g/mol. The summed E-state index contributed by atoms with van der Waals surface area (Å²) in [6.07, 6.45) is 0. The predicted octanol–water partition coefficient (Wildman–Crippen LogP) is 4.57. The highest BCUT2D eigenvalue weighted by molar-refractivity contribution is 7.92. The van der Waals surface area contributed by atoms with Gasteiger partial charge in [0.2, 0.25) is 0 Å². The number of carbonyl (C=O) groups is 2. The third kappa shape index (κ3) is 7.40. The molecule has 10 nitrogen and oxygen atoms in total. The average Bonchev–Trinajstić information content (AvgIpc) is 3.00. The standard InChI is InChI=1S/C34H36N2O8S2/c1-23(21-45(39,40)31-17-9-11-25-27(31)13-7-15-29(25)35(3)4)33(37)43-19-20-44-34(38)24(2)22-46(41,42)32-18-10-12-26-28(32)14-8-16-30(26)36(5)6/h7-18H,1-2,19-22H2,3-6H3. The Morgan fingerprint density at radius 2 is 0.891 bits per heavy atom. The maximum atomic E-state index is 13.3. The molecule has 0 spiro atoms. The Bertz CT molecular complexity index is 1920. The molecule has 0 unspecified atom stereocenters. The summed E-state index contributed by atoms with van der Waals surface area (Å²) in [5.41, 5.74) is 1.09. The number of hydrogen-bond donors (Lipinski definition) is 0. The number of rotatable bonds is 13. The number of sulfone groups is 2. The number of ether oxygens (including phenoxy) is 2. The third-order valence-corrected chi connectivity index (χ3v) is 10.7. The van der Waals surface area contributed by atoms with E-state index in [1.54, 1.807) is 36.4 Å². The first-order chi connectivity index (χ1) is 21.6. The largest absolute Gasteiger partial charge is 0.459 e. The lowest BCUT2D eigenvalue weighted by atomic mass is 10.1. The molecule has 0 aliphatic heterocycles. The van der Waals surface area contributed by atoms with E-state index in [1.165, 1.54) is 12.1 Å². The van der Waals surface area contributed by atoms with Crippen molar-refractivity contribution in [3.05, 3.63) is 97.1 Å². The van der Waals surface area contributed by atoms with E-state index in [4.69, 9.17) is 9.47 Å². The lowest BCUT2D eigenvalue weighted by Gasteiger charge is -2.17. The molecule has 242 valence electrons. The zero-order valence-corrected chi connectivity index (χ0v) is 27.8. The van der Waals surface area contributed by atoms with Gasteiger partial charge >= 0.3 is 11.9 Å². The zero-order chi connectivity index (χ0) is 33.8. The number of benzene rings is 4. The van der Waals surface area contributed by atoms with Crippen molar-refractivity contribution in [1.29, 1.82) is 0 Å². The lowest BCUT2D eigenvalue weighted by molar-refractivity contribution is -0.147. The fraction of sp³-hybridized carbons (Fsp3) is 0.235. The number of esters is 2. The van der Waals surface area contributed by atoms with Crippen LogP contribution in [0.25, 0.3) is 21.5 Å². The molecule has 0 N–H and O–H groups in total. The lowest BCUT2D eigenvalue weighted by Crippen LogP contribution is -2.21. The monoisotopic (exact) mass is 664 g/mol. The van der Waals surface area contributed by atoms with Crippen molar-refractivity contribution in [2.45, 2.75) is 9.79 Å². The summed E-state index contributed by atoms with van der Waals surface area (Å²) in [5.74, 6) is -3.28. The Morgan fingerprint density at radius 1 is 0.565 bits per heavy atom. The molecule has 4 aromatic carbocycles. The van der Waals surface area contributed by atoms with Crippen LogP contribution in [0.2, 0.25) is 0 Å². The molecule has 0 saturated heterocycles. The van der Waals surface area contributed by atoms with Crippen molar-refractivity contribution >= 4 is 64.5 Å². The fourth-order valence-corrected chi connectivity index (χ4v) is 8.12. The molecular formula is C34H36N2O8S2. The highest BCUT2D eigenvalue weighted by atomic mass is 32.2. The van der Waals surface area contributed by atoms with Crippen molar-refractivity contribution in [1.82, 2.24) is 0 Å². The van der Waals surface area contributed by atoms with Gasteiger partial charge < -0.3 is 19.3 Å². The Balaban J connectivity index is 1.32. The van der Waals surface area contributed by atoms with Crippen LogP contribution in [0.5, 0.6) is 0 Å². The van der Waals surface area contributed by atoms with E-state index >= 15 is 0 Å². The molecule has 0 heterocycles. The molecule has 0 radical (unpaired) electrons. The molecule has 46 heavy (non-hydrogen) atoms. The second-order valence-electron chi connectivity index (χ2n) is 11.0. The number of nitrogens with zero attached hydrogens (tertiary/aromatic N) is 2. The number of anilines is 2. The second-order valence-corrected chi connectivity index (χ2v) is 15.0. The summed E-state index contributed by atoms with van der Waals surface area (Å²) in [5, 5.41) is 2.52. The van der Waals surface area contributed by atoms with Gasteiger partial charge in [-0.15, -0.1) is 0 Å². The molecule has 4 aromatic rings. The Kier molecular flexibility index (Phi) is 10.2. The summed E-state index contributed by atoms with van der Waals surface area (Å²) in [4.78, 5) is 28.9. The topological polar surface area (TPSA) is 127 Å². The van der Waals surface area contributed by atoms with Crippen LogP contribution in [0.3, 0.4) is 0 Å². The predicted molar refractivity (Wildman–Crippen MR) is 181 cm³/mol. The van der Waals surface area contributed by atoms with Gasteiger partial charge in [-0.25, -0.2) is 26.4 Å². The summed E-state index contributed by atoms with van der Waals surface area (Å²) in [6.45, 7) is 6.37. The van der Waals surface area contributed by atoms with Crippen LogP contribution in [0, 0.1) is 0 Å². The average molecular weight is 665 g/mol. The highest BCUT2D eigenvalue weighted by Crippen LogP contribution is 2.32. The van der Waals surface area contributed by atoms with E-state index in [1.807, 2.05) is 62.3 Å². The molecule has 4 rings (SSSR count). The van der Waals surface area contributed by atoms with Gasteiger partial charge in [-0.05, 0) is 24.3 Å². The summed E-state index contributed by atoms with van der Waals surface area (Å²) >= 11 is 0. The third-order valence-electron chi connectivity index (χ3n) is 7.21. The van der Waals surface area contributed by atoms with E-state index in [-0.39, 0.29) is 20.9 Å². The first-order valence-electron chi connectivity index (χ1n) is 14.2. The maximum absolute atomic E-state index is 13.3. The smallest absolute Gasteiger partial charge is 0.334 e. The van der Waals surface area contributed by atoms with Gasteiger partial charge in [0.1, 0.15) is 13.2 Å². The SMILES string of the molecule is C=C(CS(=O)(=O)c1cccc2c(N(C)C)cccc12)C(=O)OCCOC(=O)C(=C)CS(=O)(=O)c1cccc2c(N(C)C)cccc12. The molecule has 0 bridgehead atoms. The van der Waals surface area contributed by atoms with Crippen LogP contribution in [-0.2, 0) is 38.7 Å². The first kappa shape index (κ1) is 34.2. The van der Waals surface area contributed by atoms with E-state index in [0.717, 1.165) is 22.1 Å². The van der Waals surface area contributed by atoms with Crippen molar-refractivity contribution in [2.75, 3.05) is 62.7 Å². The van der Waals surface area contributed by atoms with Gasteiger partial charge in [0.05, 0.1) is 21.3 Å². The van der Waals surface area contributed by atoms with Crippen LogP contribution in [0.15, 0.2) is 107 Å². The number of fused-ring (bicyclic) bond motifs is 2. The summed E-state index contributed by atoms with van der Waals surface area (Å²) in [6, 6.07) is 20.5. The van der Waals surface area contributed by atoms with Crippen LogP contribution in [0.4, 0.5) is 11.4 Å². The summed E-state index contributed by atoms with van der Waals surface area (Å²) < 4.78 is 63.2. The molecule has 0 atom stereocenters. The van der Waals surface area contributed by atoms with Crippen LogP contribution in [-0.4, -0.2) is 81.7 Å². The minimum atomic E-state index is -3.96. The Morgan fingerprint density at radius 3 is 1.24 bits per heavy atom. The van der Waals surface area contributed by atoms with E-state index < -0.39 is 56.3 Å². The van der Waals surface area contributed by atoms with Gasteiger partial charge in [-0.2, -0.15) is 0 Å². The van der Waals surface area contributed by atoms with Crippen molar-refractivity contribution in [3.8, 4) is 0 Å². The normalized spacial score (nSPS) is 11.7. The minimum Gasteiger partial charge on any atom is -0.459 e. The molecule has 0 amide bonds. The fourth-order valence-electron chi connectivity index (χ4n) is 5.06. The molecule has 0 fully saturated rings. The Hall–Kier alpha value is -4.68. The molecule has 0 aliphatic rings. The van der Waals surface area contributed by atoms with Crippen LogP contribution in [0.1, 0.15) is 0 Å².